The highest BCUT2D eigenvalue weighted by molar-refractivity contribution is 5.97. The average molecular weight is 263 g/mol. The molecule has 100 valence electrons. The lowest BCUT2D eigenvalue weighted by Crippen LogP contribution is -2.12. The van der Waals surface area contributed by atoms with E-state index in [1.165, 1.54) is 18.7 Å². The number of ether oxygens (including phenoxy) is 1. The van der Waals surface area contributed by atoms with E-state index in [1.807, 2.05) is 0 Å². The van der Waals surface area contributed by atoms with E-state index in [4.69, 9.17) is 10.5 Å². The van der Waals surface area contributed by atoms with Gasteiger partial charge in [-0.1, -0.05) is 5.16 Å². The van der Waals surface area contributed by atoms with Crippen molar-refractivity contribution < 1.29 is 14.1 Å². The molecule has 8 heteroatoms. The number of carbonyl (C=O) groups excluding carboxylic acids is 1. The third-order valence-electron chi connectivity index (χ3n) is 2.31. The topological polar surface area (TPSA) is 116 Å². The number of hydrogen-bond donors (Lipinski definition) is 2. The number of nitrogens with two attached hydrogens (primary N) is 1. The number of nitrogens with one attached hydrogen (secondary N) is 1. The average Bonchev–Trinajstić information content (AvgIpc) is 2.91. The smallest absolute Gasteiger partial charge is 0.340 e. The predicted molar refractivity (Wildman–Crippen MR) is 66.2 cm³/mol. The fraction of sp³-hybridized carbons (Fsp3) is 0.273. The summed E-state index contributed by atoms with van der Waals surface area (Å²) in [6, 6.07) is 1.51. The first-order valence-corrected chi connectivity index (χ1v) is 5.63. The van der Waals surface area contributed by atoms with Gasteiger partial charge in [-0.2, -0.15) is 4.98 Å². The lowest BCUT2D eigenvalue weighted by atomic mass is 10.2. The molecule has 0 unspecified atom stereocenters. The summed E-state index contributed by atoms with van der Waals surface area (Å²) < 4.78 is 9.50. The predicted octanol–water partition coefficient (Wildman–Crippen LogP) is 0.836. The molecule has 0 atom stereocenters. The van der Waals surface area contributed by atoms with Crippen LogP contribution in [0.3, 0.4) is 0 Å². The molecule has 0 radical (unpaired) electrons. The van der Waals surface area contributed by atoms with Crippen LogP contribution in [0.4, 0.5) is 11.5 Å². The molecular weight excluding hydrogens is 250 g/mol. The molecule has 0 spiro atoms. The first kappa shape index (κ1) is 12.8. The van der Waals surface area contributed by atoms with E-state index in [0.29, 0.717) is 18.2 Å². The van der Waals surface area contributed by atoms with Crippen molar-refractivity contribution in [3.05, 3.63) is 30.0 Å². The standard InChI is InChI=1S/C11H13N5O3/c1-2-18-11(17)7-3-4-13-10(9(7)12)14-5-8-15-6-19-16-8/h3-4,6H,2,5,12H2,1H3,(H,13,14). The van der Waals surface area contributed by atoms with E-state index in [1.54, 1.807) is 6.92 Å². The highest BCUT2D eigenvalue weighted by atomic mass is 16.5. The minimum absolute atomic E-state index is 0.226. The maximum atomic E-state index is 11.7. The molecule has 0 saturated heterocycles. The van der Waals surface area contributed by atoms with Gasteiger partial charge in [0.05, 0.1) is 24.4 Å². The molecule has 8 nitrogen and oxygen atoms in total. The molecule has 0 fully saturated rings. The fourth-order valence-electron chi connectivity index (χ4n) is 1.43. The second-order valence-corrected chi connectivity index (χ2v) is 3.54. The lowest BCUT2D eigenvalue weighted by molar-refractivity contribution is 0.0527. The number of esters is 1. The van der Waals surface area contributed by atoms with Crippen molar-refractivity contribution in [2.75, 3.05) is 17.7 Å². The van der Waals surface area contributed by atoms with E-state index in [-0.39, 0.29) is 17.9 Å². The highest BCUT2D eigenvalue weighted by Gasteiger charge is 2.14. The Bertz CT molecular complexity index is 555. The lowest BCUT2D eigenvalue weighted by Gasteiger charge is -2.10. The maximum Gasteiger partial charge on any atom is 0.340 e. The number of anilines is 2. The van der Waals surface area contributed by atoms with Crippen LogP contribution in [0, 0.1) is 0 Å². The summed E-state index contributed by atoms with van der Waals surface area (Å²) in [5, 5.41) is 6.56. The van der Waals surface area contributed by atoms with Gasteiger partial charge >= 0.3 is 5.97 Å². The summed E-state index contributed by atoms with van der Waals surface area (Å²) in [4.78, 5) is 19.6. The van der Waals surface area contributed by atoms with E-state index in [2.05, 4.69) is 25.0 Å². The van der Waals surface area contributed by atoms with Crippen molar-refractivity contribution in [2.45, 2.75) is 13.5 Å². The Morgan fingerprint density at radius 3 is 3.05 bits per heavy atom. The third kappa shape index (κ3) is 2.97. The van der Waals surface area contributed by atoms with Gasteiger partial charge in [-0.15, -0.1) is 0 Å². The Hall–Kier alpha value is -2.64. The Morgan fingerprint density at radius 1 is 1.53 bits per heavy atom. The van der Waals surface area contributed by atoms with Gasteiger partial charge in [0.1, 0.15) is 5.82 Å². The van der Waals surface area contributed by atoms with Gasteiger partial charge in [-0.05, 0) is 13.0 Å². The second kappa shape index (κ2) is 5.80. The van der Waals surface area contributed by atoms with Crippen molar-refractivity contribution in [3.8, 4) is 0 Å². The minimum atomic E-state index is -0.481. The molecule has 2 aromatic heterocycles. The Kier molecular flexibility index (Phi) is 3.91. The van der Waals surface area contributed by atoms with Crippen LogP contribution in [0.15, 0.2) is 23.2 Å². The van der Waals surface area contributed by atoms with Crippen molar-refractivity contribution in [1.29, 1.82) is 0 Å². The van der Waals surface area contributed by atoms with E-state index in [9.17, 15) is 4.79 Å². The molecule has 2 rings (SSSR count). The zero-order valence-electron chi connectivity index (χ0n) is 10.3. The largest absolute Gasteiger partial charge is 0.462 e. The Labute approximate surface area is 109 Å². The van der Waals surface area contributed by atoms with Crippen LogP contribution >= 0.6 is 0 Å². The number of pyridine rings is 1. The van der Waals surface area contributed by atoms with E-state index >= 15 is 0 Å². The molecule has 0 aromatic carbocycles. The highest BCUT2D eigenvalue weighted by Crippen LogP contribution is 2.21. The molecule has 3 N–H and O–H groups in total. The monoisotopic (exact) mass is 263 g/mol. The molecule has 0 aliphatic carbocycles. The van der Waals surface area contributed by atoms with Crippen LogP contribution in [0.2, 0.25) is 0 Å². The SMILES string of the molecule is CCOC(=O)c1ccnc(NCc2ncon2)c1N. The summed E-state index contributed by atoms with van der Waals surface area (Å²) in [6.07, 6.45) is 2.70. The molecule has 0 saturated carbocycles. The molecule has 0 aliphatic heterocycles. The zero-order valence-corrected chi connectivity index (χ0v) is 10.3. The van der Waals surface area contributed by atoms with E-state index < -0.39 is 5.97 Å². The number of nitrogens with zero attached hydrogens (tertiary/aromatic N) is 3. The molecule has 0 amide bonds. The fourth-order valence-corrected chi connectivity index (χ4v) is 1.43. The van der Waals surface area contributed by atoms with Crippen LogP contribution in [-0.2, 0) is 11.3 Å². The van der Waals surface area contributed by atoms with Crippen LogP contribution in [-0.4, -0.2) is 27.7 Å². The number of aromatic nitrogens is 3. The third-order valence-corrected chi connectivity index (χ3v) is 2.31. The first-order valence-electron chi connectivity index (χ1n) is 5.63. The van der Waals surface area contributed by atoms with Crippen LogP contribution in [0.25, 0.3) is 0 Å². The van der Waals surface area contributed by atoms with Crippen molar-refractivity contribution >= 4 is 17.5 Å². The molecule has 2 aromatic rings. The van der Waals surface area contributed by atoms with Gasteiger partial charge in [-0.25, -0.2) is 9.78 Å². The molecular formula is C11H13N5O3. The maximum absolute atomic E-state index is 11.7. The summed E-state index contributed by atoms with van der Waals surface area (Å²) in [5.74, 6) is 0.350. The van der Waals surface area contributed by atoms with Crippen LogP contribution in [0.5, 0.6) is 0 Å². The second-order valence-electron chi connectivity index (χ2n) is 3.54. The van der Waals surface area contributed by atoms with Gasteiger partial charge in [0.25, 0.3) is 0 Å². The van der Waals surface area contributed by atoms with Crippen LogP contribution < -0.4 is 11.1 Å². The van der Waals surface area contributed by atoms with Crippen molar-refractivity contribution in [1.82, 2.24) is 15.1 Å². The van der Waals surface area contributed by atoms with E-state index in [0.717, 1.165) is 0 Å². The minimum Gasteiger partial charge on any atom is -0.462 e. The first-order chi connectivity index (χ1) is 9.22. The molecule has 0 bridgehead atoms. The zero-order chi connectivity index (χ0) is 13.7. The molecule has 19 heavy (non-hydrogen) atoms. The summed E-state index contributed by atoms with van der Waals surface area (Å²) >= 11 is 0. The molecule has 2 heterocycles. The number of hydrogen-bond acceptors (Lipinski definition) is 8. The summed E-state index contributed by atoms with van der Waals surface area (Å²) in [5.41, 5.74) is 6.36. The van der Waals surface area contributed by atoms with Crippen LogP contribution in [0.1, 0.15) is 23.1 Å². The number of rotatable bonds is 5. The quantitative estimate of drug-likeness (QED) is 0.762. The van der Waals surface area contributed by atoms with Gasteiger partial charge in [0, 0.05) is 6.20 Å². The number of nitrogen functional groups attached to an aromatic ring is 1. The van der Waals surface area contributed by atoms with Gasteiger partial charge < -0.3 is 20.3 Å². The number of carbonyl (C=O) groups is 1. The summed E-state index contributed by atoms with van der Waals surface area (Å²) in [6.45, 7) is 2.30. The van der Waals surface area contributed by atoms with Gasteiger partial charge in [-0.3, -0.25) is 0 Å². The molecule has 0 aliphatic rings. The van der Waals surface area contributed by atoms with Crippen molar-refractivity contribution in [2.24, 2.45) is 0 Å². The Morgan fingerprint density at radius 2 is 2.37 bits per heavy atom. The normalized spacial score (nSPS) is 10.2. The summed E-state index contributed by atoms with van der Waals surface area (Å²) in [7, 11) is 0. The van der Waals surface area contributed by atoms with Gasteiger partial charge in [0.15, 0.2) is 5.82 Å². The van der Waals surface area contributed by atoms with Crippen molar-refractivity contribution in [3.63, 3.8) is 0 Å². The Balaban J connectivity index is 2.13. The van der Waals surface area contributed by atoms with Gasteiger partial charge in [0.2, 0.25) is 6.39 Å².